The van der Waals surface area contributed by atoms with Crippen LogP contribution in [0.2, 0.25) is 0 Å². The maximum absolute atomic E-state index is 11.9. The molecule has 0 atom stereocenters. The highest BCUT2D eigenvalue weighted by Crippen LogP contribution is 2.27. The predicted octanol–water partition coefficient (Wildman–Crippen LogP) is 1.35. The smallest absolute Gasteiger partial charge is 0.263 e. The van der Waals surface area contributed by atoms with E-state index in [-0.39, 0.29) is 10.7 Å². The normalized spacial score (nSPS) is 11.1. The van der Waals surface area contributed by atoms with Crippen LogP contribution in [-0.2, 0) is 10.0 Å². The third kappa shape index (κ3) is 2.53. The Bertz CT molecular complexity index is 595. The number of aromatic nitrogens is 2. The second-order valence-corrected chi connectivity index (χ2v) is 5.43. The van der Waals surface area contributed by atoms with E-state index in [2.05, 4.69) is 14.3 Å². The molecule has 0 aliphatic rings. The first-order valence-corrected chi connectivity index (χ1v) is 6.83. The Hall–Kier alpha value is -1.67. The van der Waals surface area contributed by atoms with Gasteiger partial charge in [0.1, 0.15) is 0 Å². The molecule has 1 aromatic heterocycles. The van der Waals surface area contributed by atoms with Gasteiger partial charge in [0.25, 0.3) is 10.0 Å². The highest BCUT2D eigenvalue weighted by atomic mass is 32.2. The summed E-state index contributed by atoms with van der Waals surface area (Å²) in [7, 11) is -2.22. The Kier molecular flexibility index (Phi) is 3.25. The lowest BCUT2D eigenvalue weighted by atomic mass is 10.4. The van der Waals surface area contributed by atoms with Crippen LogP contribution >= 0.6 is 11.5 Å². The summed E-state index contributed by atoms with van der Waals surface area (Å²) in [6, 6.07) is 8.02. The molecule has 1 aromatic carbocycles. The molecule has 6 nitrogen and oxygen atoms in total. The summed E-state index contributed by atoms with van der Waals surface area (Å²) in [6.07, 6.45) is 0. The Morgan fingerprint density at radius 1 is 1.29 bits per heavy atom. The molecule has 0 unspecified atom stereocenters. The zero-order valence-electron chi connectivity index (χ0n) is 8.82. The molecule has 0 spiro atoms. The van der Waals surface area contributed by atoms with E-state index < -0.39 is 10.0 Å². The first-order valence-electron chi connectivity index (χ1n) is 4.57. The molecular weight excluding hydrogens is 262 g/mol. The van der Waals surface area contributed by atoms with Gasteiger partial charge in [-0.1, -0.05) is 22.7 Å². The van der Waals surface area contributed by atoms with Gasteiger partial charge in [0, 0.05) is 11.5 Å². The molecule has 0 saturated heterocycles. The molecule has 0 radical (unpaired) electrons. The maximum Gasteiger partial charge on any atom is 0.263 e. The fourth-order valence-corrected chi connectivity index (χ4v) is 2.70. The van der Waals surface area contributed by atoms with Crippen molar-refractivity contribution in [2.45, 2.75) is 4.90 Å². The Morgan fingerprint density at radius 2 is 2.00 bits per heavy atom. The SMILES string of the molecule is COc1snnc1NS(=O)(=O)c1ccccc1. The van der Waals surface area contributed by atoms with E-state index in [0.717, 1.165) is 11.5 Å². The van der Waals surface area contributed by atoms with Crippen LogP contribution in [0.5, 0.6) is 5.06 Å². The predicted molar refractivity (Wildman–Crippen MR) is 63.7 cm³/mol. The number of rotatable bonds is 4. The van der Waals surface area contributed by atoms with Gasteiger partial charge in [0.2, 0.25) is 10.9 Å². The van der Waals surface area contributed by atoms with Gasteiger partial charge in [0.15, 0.2) is 0 Å². The molecule has 0 fully saturated rings. The second-order valence-electron chi connectivity index (χ2n) is 3.03. The average Bonchev–Trinajstić information content (AvgIpc) is 2.77. The van der Waals surface area contributed by atoms with Gasteiger partial charge < -0.3 is 4.74 Å². The van der Waals surface area contributed by atoms with Crippen LogP contribution in [0.15, 0.2) is 35.2 Å². The van der Waals surface area contributed by atoms with Crippen LogP contribution in [-0.4, -0.2) is 25.1 Å². The van der Waals surface area contributed by atoms with E-state index in [4.69, 9.17) is 4.74 Å². The monoisotopic (exact) mass is 271 g/mol. The lowest BCUT2D eigenvalue weighted by Gasteiger charge is -2.05. The average molecular weight is 271 g/mol. The standard InChI is InChI=1S/C9H9N3O3S2/c1-15-9-8(10-12-16-9)11-17(13,14)7-5-3-2-4-6-7/h2-6,11H,1H3. The van der Waals surface area contributed by atoms with Gasteiger partial charge in [-0.15, -0.1) is 5.10 Å². The van der Waals surface area contributed by atoms with E-state index >= 15 is 0 Å². The van der Waals surface area contributed by atoms with Crippen molar-refractivity contribution in [2.24, 2.45) is 0 Å². The van der Waals surface area contributed by atoms with Crippen molar-refractivity contribution < 1.29 is 13.2 Å². The highest BCUT2D eigenvalue weighted by molar-refractivity contribution is 7.92. The molecule has 0 amide bonds. The van der Waals surface area contributed by atoms with E-state index in [1.807, 2.05) is 0 Å². The molecule has 90 valence electrons. The van der Waals surface area contributed by atoms with Crippen molar-refractivity contribution in [3.8, 4) is 5.06 Å². The maximum atomic E-state index is 11.9. The lowest BCUT2D eigenvalue weighted by Crippen LogP contribution is -2.13. The summed E-state index contributed by atoms with van der Waals surface area (Å²) >= 11 is 0.975. The fourth-order valence-electron chi connectivity index (χ4n) is 1.16. The highest BCUT2D eigenvalue weighted by Gasteiger charge is 2.18. The molecule has 1 heterocycles. The molecule has 0 aliphatic carbocycles. The number of hydrogen-bond acceptors (Lipinski definition) is 6. The van der Waals surface area contributed by atoms with Gasteiger partial charge in [0.05, 0.1) is 12.0 Å². The summed E-state index contributed by atoms with van der Waals surface area (Å²) in [5.74, 6) is 0.0985. The van der Waals surface area contributed by atoms with Crippen molar-refractivity contribution in [3.63, 3.8) is 0 Å². The van der Waals surface area contributed by atoms with Crippen molar-refractivity contribution in [1.29, 1.82) is 0 Å². The molecule has 8 heteroatoms. The third-order valence-electron chi connectivity index (χ3n) is 1.93. The van der Waals surface area contributed by atoms with Crippen LogP contribution in [0, 0.1) is 0 Å². The lowest BCUT2D eigenvalue weighted by molar-refractivity contribution is 0.428. The van der Waals surface area contributed by atoms with Gasteiger partial charge >= 0.3 is 0 Å². The van der Waals surface area contributed by atoms with Crippen molar-refractivity contribution in [1.82, 2.24) is 9.59 Å². The third-order valence-corrected chi connectivity index (χ3v) is 3.97. The first-order chi connectivity index (χ1) is 8.13. The summed E-state index contributed by atoms with van der Waals surface area (Å²) < 4.78 is 34.7. The molecule has 2 rings (SSSR count). The molecule has 17 heavy (non-hydrogen) atoms. The van der Waals surface area contributed by atoms with Crippen molar-refractivity contribution >= 4 is 27.4 Å². The van der Waals surface area contributed by atoms with Crippen LogP contribution in [0.4, 0.5) is 5.82 Å². The summed E-state index contributed by atoms with van der Waals surface area (Å²) in [6.45, 7) is 0. The molecule has 0 bridgehead atoms. The van der Waals surface area contributed by atoms with Crippen LogP contribution in [0.25, 0.3) is 0 Å². The Balaban J connectivity index is 2.30. The molecular formula is C9H9N3O3S2. The number of benzene rings is 1. The van der Waals surface area contributed by atoms with Gasteiger partial charge in [-0.05, 0) is 12.1 Å². The number of anilines is 1. The van der Waals surface area contributed by atoms with E-state index in [0.29, 0.717) is 5.06 Å². The number of nitrogens with one attached hydrogen (secondary N) is 1. The summed E-state index contributed by atoms with van der Waals surface area (Å²) in [4.78, 5) is 0.162. The summed E-state index contributed by atoms with van der Waals surface area (Å²) in [5.41, 5.74) is 0. The zero-order valence-corrected chi connectivity index (χ0v) is 10.5. The van der Waals surface area contributed by atoms with Gasteiger partial charge in [-0.2, -0.15) is 0 Å². The Labute approximate surface area is 102 Å². The summed E-state index contributed by atoms with van der Waals surface area (Å²) in [5, 5.41) is 3.97. The minimum absolute atomic E-state index is 0.0985. The second kappa shape index (κ2) is 4.68. The number of sulfonamides is 1. The minimum Gasteiger partial charge on any atom is -0.484 e. The topological polar surface area (TPSA) is 81.2 Å². The molecule has 0 aliphatic heterocycles. The molecule has 1 N–H and O–H groups in total. The number of nitrogens with zero attached hydrogens (tertiary/aromatic N) is 2. The van der Waals surface area contributed by atoms with Crippen LogP contribution in [0.3, 0.4) is 0 Å². The van der Waals surface area contributed by atoms with Crippen molar-refractivity contribution in [2.75, 3.05) is 11.8 Å². The fraction of sp³-hybridized carbons (Fsp3) is 0.111. The molecule has 2 aromatic rings. The Morgan fingerprint density at radius 3 is 2.65 bits per heavy atom. The van der Waals surface area contributed by atoms with Gasteiger partial charge in [-0.3, -0.25) is 4.72 Å². The number of methoxy groups -OCH3 is 1. The van der Waals surface area contributed by atoms with Crippen LogP contribution < -0.4 is 9.46 Å². The number of hydrogen-bond donors (Lipinski definition) is 1. The van der Waals surface area contributed by atoms with E-state index in [1.54, 1.807) is 18.2 Å². The van der Waals surface area contributed by atoms with E-state index in [1.165, 1.54) is 19.2 Å². The van der Waals surface area contributed by atoms with E-state index in [9.17, 15) is 8.42 Å². The van der Waals surface area contributed by atoms with Gasteiger partial charge in [-0.25, -0.2) is 8.42 Å². The van der Waals surface area contributed by atoms with Crippen molar-refractivity contribution in [3.05, 3.63) is 30.3 Å². The first kappa shape index (κ1) is 11.8. The number of ether oxygens (including phenoxy) is 1. The largest absolute Gasteiger partial charge is 0.484 e. The zero-order chi connectivity index (χ0) is 12.3. The quantitative estimate of drug-likeness (QED) is 0.907. The molecule has 0 saturated carbocycles. The minimum atomic E-state index is -3.64. The van der Waals surface area contributed by atoms with Crippen LogP contribution in [0.1, 0.15) is 0 Å².